The van der Waals surface area contributed by atoms with E-state index < -0.39 is 0 Å². The summed E-state index contributed by atoms with van der Waals surface area (Å²) in [6.45, 7) is 0. The highest BCUT2D eigenvalue weighted by atomic mass is 35.5. The van der Waals surface area contributed by atoms with E-state index >= 15 is 0 Å². The molecule has 2 nitrogen and oxygen atoms in total. The second-order valence-corrected chi connectivity index (χ2v) is 3.92. The first-order valence-electron chi connectivity index (χ1n) is 5.14. The highest BCUT2D eigenvalue weighted by molar-refractivity contribution is 6.30. The largest absolute Gasteiger partial charge is 0.497 e. The van der Waals surface area contributed by atoms with E-state index in [0.717, 1.165) is 22.6 Å². The molecule has 0 unspecified atom stereocenters. The van der Waals surface area contributed by atoms with Crippen molar-refractivity contribution >= 4 is 11.6 Å². The van der Waals surface area contributed by atoms with E-state index in [1.807, 2.05) is 24.3 Å². The second kappa shape index (κ2) is 5.11. The zero-order valence-corrected chi connectivity index (χ0v) is 10.4. The summed E-state index contributed by atoms with van der Waals surface area (Å²) in [6, 6.07) is 14.2. The van der Waals surface area contributed by atoms with Crippen LogP contribution in [0.2, 0.25) is 5.02 Å². The first-order valence-corrected chi connectivity index (χ1v) is 5.52. The van der Waals surface area contributed by atoms with Crippen LogP contribution in [0.1, 0.15) is 0 Å². The van der Waals surface area contributed by atoms with Crippen molar-refractivity contribution in [1.82, 2.24) is 0 Å². The lowest BCUT2D eigenvalue weighted by Crippen LogP contribution is -1.90. The molecule has 0 aliphatic rings. The van der Waals surface area contributed by atoms with Gasteiger partial charge < -0.3 is 9.47 Å². The summed E-state index contributed by atoms with van der Waals surface area (Å²) in [5, 5.41) is 0.677. The fourth-order valence-corrected chi connectivity index (χ4v) is 1.79. The molecule has 0 fully saturated rings. The predicted molar refractivity (Wildman–Crippen MR) is 68.8 cm³/mol. The topological polar surface area (TPSA) is 18.5 Å². The number of hydrogen-bond donors (Lipinski definition) is 0. The van der Waals surface area contributed by atoms with Gasteiger partial charge in [-0.2, -0.15) is 0 Å². The number of methoxy groups -OCH3 is 2. The molecule has 0 amide bonds. The van der Waals surface area contributed by atoms with Crippen molar-refractivity contribution in [2.24, 2.45) is 0 Å². The normalized spacial score (nSPS) is 10.1. The lowest BCUT2D eigenvalue weighted by molar-refractivity contribution is 0.395. The van der Waals surface area contributed by atoms with E-state index in [9.17, 15) is 0 Å². The predicted octanol–water partition coefficient (Wildman–Crippen LogP) is 3.82. The SMILES string of the molecule is COc1ccc(-c2[c]ccc(Cl)c2)c(OC)c1. The van der Waals surface area contributed by atoms with Crippen LogP contribution >= 0.6 is 11.6 Å². The molecular formula is C14H12ClO2. The van der Waals surface area contributed by atoms with E-state index in [4.69, 9.17) is 21.1 Å². The fraction of sp³-hybridized carbons (Fsp3) is 0.143. The first-order chi connectivity index (χ1) is 8.24. The van der Waals surface area contributed by atoms with Gasteiger partial charge in [0.15, 0.2) is 0 Å². The van der Waals surface area contributed by atoms with E-state index in [0.29, 0.717) is 5.02 Å². The van der Waals surface area contributed by atoms with Crippen molar-refractivity contribution in [3.8, 4) is 22.6 Å². The summed E-state index contributed by atoms with van der Waals surface area (Å²) < 4.78 is 10.5. The number of benzene rings is 2. The van der Waals surface area contributed by atoms with Gasteiger partial charge in [-0.1, -0.05) is 17.7 Å². The summed E-state index contributed by atoms with van der Waals surface area (Å²) >= 11 is 5.96. The Labute approximate surface area is 106 Å². The van der Waals surface area contributed by atoms with Gasteiger partial charge in [0.2, 0.25) is 0 Å². The van der Waals surface area contributed by atoms with Gasteiger partial charge >= 0.3 is 0 Å². The number of rotatable bonds is 3. The molecule has 3 heteroatoms. The van der Waals surface area contributed by atoms with E-state index in [2.05, 4.69) is 6.07 Å². The Morgan fingerprint density at radius 1 is 1.06 bits per heavy atom. The fourth-order valence-electron chi connectivity index (χ4n) is 1.62. The third kappa shape index (κ3) is 2.53. The first kappa shape index (κ1) is 11.8. The number of ether oxygens (including phenoxy) is 2. The van der Waals surface area contributed by atoms with Gasteiger partial charge in [0.25, 0.3) is 0 Å². The summed E-state index contributed by atoms with van der Waals surface area (Å²) in [5.74, 6) is 1.50. The molecule has 0 bridgehead atoms. The Balaban J connectivity index is 2.51. The third-order valence-electron chi connectivity index (χ3n) is 2.46. The molecule has 0 aliphatic heterocycles. The van der Waals surface area contributed by atoms with Crippen LogP contribution in [-0.2, 0) is 0 Å². The Morgan fingerprint density at radius 3 is 2.53 bits per heavy atom. The van der Waals surface area contributed by atoms with Gasteiger partial charge in [-0.05, 0) is 35.9 Å². The van der Waals surface area contributed by atoms with Gasteiger partial charge in [0, 0.05) is 16.7 Å². The molecule has 2 rings (SSSR count). The summed E-state index contributed by atoms with van der Waals surface area (Å²) in [4.78, 5) is 0. The Kier molecular flexibility index (Phi) is 3.55. The van der Waals surface area contributed by atoms with Crippen LogP contribution in [-0.4, -0.2) is 14.2 Å². The lowest BCUT2D eigenvalue weighted by atomic mass is 10.0. The maximum atomic E-state index is 5.96. The average Bonchev–Trinajstić information content (AvgIpc) is 2.38. The molecule has 87 valence electrons. The Bertz CT molecular complexity index is 523. The smallest absolute Gasteiger partial charge is 0.130 e. The van der Waals surface area contributed by atoms with Gasteiger partial charge in [0.05, 0.1) is 14.2 Å². The number of hydrogen-bond acceptors (Lipinski definition) is 2. The van der Waals surface area contributed by atoms with Crippen molar-refractivity contribution in [2.45, 2.75) is 0 Å². The second-order valence-electron chi connectivity index (χ2n) is 3.49. The molecule has 0 aliphatic carbocycles. The maximum Gasteiger partial charge on any atom is 0.130 e. The summed E-state index contributed by atoms with van der Waals surface area (Å²) in [6.07, 6.45) is 0. The minimum absolute atomic E-state index is 0.677. The van der Waals surface area contributed by atoms with Crippen molar-refractivity contribution in [3.63, 3.8) is 0 Å². The Morgan fingerprint density at radius 2 is 1.88 bits per heavy atom. The van der Waals surface area contributed by atoms with Crippen molar-refractivity contribution in [3.05, 3.63) is 47.5 Å². The quantitative estimate of drug-likeness (QED) is 0.821. The summed E-state index contributed by atoms with van der Waals surface area (Å²) in [5.41, 5.74) is 1.84. The van der Waals surface area contributed by atoms with E-state index in [1.165, 1.54) is 0 Å². The third-order valence-corrected chi connectivity index (χ3v) is 2.70. The molecule has 17 heavy (non-hydrogen) atoms. The van der Waals surface area contributed by atoms with Crippen LogP contribution in [0.3, 0.4) is 0 Å². The van der Waals surface area contributed by atoms with Gasteiger partial charge in [-0.25, -0.2) is 0 Å². The molecule has 0 saturated carbocycles. The molecule has 0 saturated heterocycles. The number of halogens is 1. The van der Waals surface area contributed by atoms with Crippen LogP contribution in [0.25, 0.3) is 11.1 Å². The minimum Gasteiger partial charge on any atom is -0.497 e. The van der Waals surface area contributed by atoms with E-state index in [1.54, 1.807) is 26.4 Å². The van der Waals surface area contributed by atoms with Crippen LogP contribution in [0, 0.1) is 6.07 Å². The maximum absolute atomic E-state index is 5.96. The van der Waals surface area contributed by atoms with Crippen LogP contribution in [0.15, 0.2) is 36.4 Å². The molecule has 0 atom stereocenters. The highest BCUT2D eigenvalue weighted by Crippen LogP contribution is 2.33. The Hall–Kier alpha value is -1.67. The zero-order valence-electron chi connectivity index (χ0n) is 9.66. The molecule has 2 aromatic carbocycles. The summed E-state index contributed by atoms with van der Waals surface area (Å²) in [7, 11) is 3.25. The van der Waals surface area contributed by atoms with Crippen LogP contribution in [0.4, 0.5) is 0 Å². The van der Waals surface area contributed by atoms with Crippen molar-refractivity contribution in [2.75, 3.05) is 14.2 Å². The molecule has 0 heterocycles. The molecular weight excluding hydrogens is 236 g/mol. The lowest BCUT2D eigenvalue weighted by Gasteiger charge is -2.10. The van der Waals surface area contributed by atoms with Gasteiger partial charge in [0.1, 0.15) is 11.5 Å². The zero-order chi connectivity index (χ0) is 12.3. The van der Waals surface area contributed by atoms with Crippen molar-refractivity contribution < 1.29 is 9.47 Å². The molecule has 0 aromatic heterocycles. The van der Waals surface area contributed by atoms with Crippen molar-refractivity contribution in [1.29, 1.82) is 0 Å². The van der Waals surface area contributed by atoms with Crippen LogP contribution < -0.4 is 9.47 Å². The molecule has 0 spiro atoms. The average molecular weight is 248 g/mol. The van der Waals surface area contributed by atoms with E-state index in [-0.39, 0.29) is 0 Å². The highest BCUT2D eigenvalue weighted by Gasteiger charge is 2.07. The van der Waals surface area contributed by atoms with Crippen LogP contribution in [0.5, 0.6) is 11.5 Å². The molecule has 1 radical (unpaired) electrons. The standard InChI is InChI=1S/C14H12ClO2/c1-16-12-6-7-13(14(9-12)17-2)10-4-3-5-11(15)8-10/h3,5-9H,1-2H3. The molecule has 2 aromatic rings. The van der Waals surface area contributed by atoms with Gasteiger partial charge in [-0.3, -0.25) is 0 Å². The minimum atomic E-state index is 0.677. The molecule has 0 N–H and O–H groups in total. The van der Waals surface area contributed by atoms with Gasteiger partial charge in [-0.15, -0.1) is 0 Å². The monoisotopic (exact) mass is 247 g/mol.